The molecular weight excluding hydrogens is 182 g/mol. The van der Waals surface area contributed by atoms with Gasteiger partial charge in [0.25, 0.3) is 0 Å². The smallest absolute Gasteiger partial charge is 0.310 e. The molecule has 1 atom stereocenters. The Hall–Kier alpha value is -0.610. The van der Waals surface area contributed by atoms with E-state index in [9.17, 15) is 4.79 Å². The largest absolute Gasteiger partial charge is 0.466 e. The fourth-order valence-corrected chi connectivity index (χ4v) is 0.777. The minimum Gasteiger partial charge on any atom is -0.466 e. The van der Waals surface area contributed by atoms with Crippen LogP contribution in [-0.2, 0) is 14.4 Å². The third-order valence-electron chi connectivity index (χ3n) is 1.60. The maximum Gasteiger partial charge on any atom is 0.310 e. The third-order valence-corrected chi connectivity index (χ3v) is 1.60. The molecule has 0 aliphatic rings. The first kappa shape index (κ1) is 13.4. The molecule has 4 nitrogen and oxygen atoms in total. The second kappa shape index (κ2) is 7.76. The van der Waals surface area contributed by atoms with Crippen molar-refractivity contribution in [3.8, 4) is 0 Å². The number of carbonyl (C=O) groups is 1. The van der Waals surface area contributed by atoms with Crippen LogP contribution in [0.4, 0.5) is 0 Å². The van der Waals surface area contributed by atoms with Crippen LogP contribution in [0, 0.1) is 11.8 Å². The van der Waals surface area contributed by atoms with Crippen LogP contribution in [-0.4, -0.2) is 25.7 Å². The Morgan fingerprint density at radius 1 is 1.36 bits per heavy atom. The van der Waals surface area contributed by atoms with Gasteiger partial charge in [-0.25, -0.2) is 5.48 Å². The average Bonchev–Trinajstić information content (AvgIpc) is 2.12. The minimum atomic E-state index is -0.187. The molecule has 0 rings (SSSR count). The summed E-state index contributed by atoms with van der Waals surface area (Å²) < 4.78 is 4.85. The van der Waals surface area contributed by atoms with Gasteiger partial charge in [0, 0.05) is 6.54 Å². The number of hydrogen-bond acceptors (Lipinski definition) is 4. The van der Waals surface area contributed by atoms with Crippen molar-refractivity contribution in [1.82, 2.24) is 5.48 Å². The van der Waals surface area contributed by atoms with Crippen LogP contribution in [0.15, 0.2) is 0 Å². The number of hydrogen-bond donors (Lipinski definition) is 1. The van der Waals surface area contributed by atoms with Crippen molar-refractivity contribution in [3.05, 3.63) is 0 Å². The minimum absolute atomic E-state index is 0.165. The summed E-state index contributed by atoms with van der Waals surface area (Å²) in [5.74, 6) is 0.135. The van der Waals surface area contributed by atoms with E-state index in [2.05, 4.69) is 19.3 Å². The van der Waals surface area contributed by atoms with Gasteiger partial charge in [0.2, 0.25) is 0 Å². The first-order valence-electron chi connectivity index (χ1n) is 5.09. The quantitative estimate of drug-likeness (QED) is 0.385. The highest BCUT2D eigenvalue weighted by Crippen LogP contribution is 1.97. The van der Waals surface area contributed by atoms with Crippen LogP contribution >= 0.6 is 0 Å². The SMILES string of the molecule is CCOC(=O)C(C)CNOCC(C)C. The number of hydroxylamine groups is 1. The maximum atomic E-state index is 11.2. The maximum absolute atomic E-state index is 11.2. The molecular formula is C10H21NO3. The summed E-state index contributed by atoms with van der Waals surface area (Å²) in [5, 5.41) is 0. The normalized spacial score (nSPS) is 12.9. The van der Waals surface area contributed by atoms with E-state index in [1.807, 2.05) is 6.92 Å². The molecule has 0 aromatic rings. The molecule has 1 N–H and O–H groups in total. The van der Waals surface area contributed by atoms with Crippen LogP contribution in [0.3, 0.4) is 0 Å². The average molecular weight is 203 g/mol. The highest BCUT2D eigenvalue weighted by Gasteiger charge is 2.13. The van der Waals surface area contributed by atoms with Crippen LogP contribution in [0.25, 0.3) is 0 Å². The summed E-state index contributed by atoms with van der Waals surface area (Å²) in [4.78, 5) is 16.3. The molecule has 0 amide bonds. The summed E-state index contributed by atoms with van der Waals surface area (Å²) in [7, 11) is 0. The van der Waals surface area contributed by atoms with Crippen molar-refractivity contribution in [3.63, 3.8) is 0 Å². The molecule has 0 aliphatic heterocycles. The lowest BCUT2D eigenvalue weighted by Gasteiger charge is -2.12. The van der Waals surface area contributed by atoms with Crippen molar-refractivity contribution in [1.29, 1.82) is 0 Å². The van der Waals surface area contributed by atoms with Crippen molar-refractivity contribution < 1.29 is 14.4 Å². The summed E-state index contributed by atoms with van der Waals surface area (Å²) in [6, 6.07) is 0. The zero-order valence-electron chi connectivity index (χ0n) is 9.50. The van der Waals surface area contributed by atoms with Gasteiger partial charge in [0.1, 0.15) is 0 Å². The summed E-state index contributed by atoms with van der Waals surface area (Å²) in [6.45, 7) is 9.31. The highest BCUT2D eigenvalue weighted by molar-refractivity contribution is 5.72. The van der Waals surface area contributed by atoms with Gasteiger partial charge in [0.15, 0.2) is 0 Å². The standard InChI is InChI=1S/C10H21NO3/c1-5-13-10(12)9(4)6-11-14-7-8(2)3/h8-9,11H,5-7H2,1-4H3. The molecule has 0 fully saturated rings. The molecule has 4 heteroatoms. The van der Waals surface area contributed by atoms with E-state index in [4.69, 9.17) is 9.57 Å². The zero-order valence-corrected chi connectivity index (χ0v) is 9.50. The number of rotatable bonds is 7. The predicted molar refractivity (Wildman–Crippen MR) is 54.6 cm³/mol. The van der Waals surface area contributed by atoms with Crippen molar-refractivity contribution in [2.75, 3.05) is 19.8 Å². The second-order valence-corrected chi connectivity index (χ2v) is 3.71. The van der Waals surface area contributed by atoms with Crippen molar-refractivity contribution in [2.24, 2.45) is 11.8 Å². The van der Waals surface area contributed by atoms with Gasteiger partial charge in [-0.1, -0.05) is 20.8 Å². The summed E-state index contributed by atoms with van der Waals surface area (Å²) in [5.41, 5.74) is 2.75. The first-order chi connectivity index (χ1) is 6.57. The van der Waals surface area contributed by atoms with Crippen molar-refractivity contribution in [2.45, 2.75) is 27.7 Å². The molecule has 0 radical (unpaired) electrons. The lowest BCUT2D eigenvalue weighted by Crippen LogP contribution is -2.29. The van der Waals surface area contributed by atoms with Gasteiger partial charge in [0.05, 0.1) is 19.1 Å². The van der Waals surface area contributed by atoms with E-state index in [1.165, 1.54) is 0 Å². The van der Waals surface area contributed by atoms with Gasteiger partial charge < -0.3 is 9.57 Å². The Kier molecular flexibility index (Phi) is 7.42. The zero-order chi connectivity index (χ0) is 11.0. The molecule has 0 bridgehead atoms. The summed E-state index contributed by atoms with van der Waals surface area (Å²) >= 11 is 0. The fourth-order valence-electron chi connectivity index (χ4n) is 0.777. The Labute approximate surface area is 85.9 Å². The fraction of sp³-hybridized carbons (Fsp3) is 0.900. The summed E-state index contributed by atoms with van der Waals surface area (Å²) in [6.07, 6.45) is 0. The van der Waals surface area contributed by atoms with E-state index >= 15 is 0 Å². The van der Waals surface area contributed by atoms with Crippen molar-refractivity contribution >= 4 is 5.97 Å². The van der Waals surface area contributed by atoms with Crippen LogP contribution < -0.4 is 5.48 Å². The Bertz CT molecular complexity index is 159. The molecule has 0 aromatic heterocycles. The number of carbonyl (C=O) groups excluding carboxylic acids is 1. The monoisotopic (exact) mass is 203 g/mol. The number of ether oxygens (including phenoxy) is 1. The number of esters is 1. The van der Waals surface area contributed by atoms with E-state index in [-0.39, 0.29) is 11.9 Å². The Morgan fingerprint density at radius 2 is 2.00 bits per heavy atom. The first-order valence-corrected chi connectivity index (χ1v) is 5.09. The molecule has 14 heavy (non-hydrogen) atoms. The second-order valence-electron chi connectivity index (χ2n) is 3.71. The van der Waals surface area contributed by atoms with E-state index in [0.717, 1.165) is 0 Å². The molecule has 1 unspecified atom stereocenters. The molecule has 0 saturated carbocycles. The Balaban J connectivity index is 3.43. The number of nitrogens with one attached hydrogen (secondary N) is 1. The van der Waals surface area contributed by atoms with Crippen LogP contribution in [0.1, 0.15) is 27.7 Å². The van der Waals surface area contributed by atoms with Gasteiger partial charge in [-0.15, -0.1) is 0 Å². The van der Waals surface area contributed by atoms with Gasteiger partial charge in [-0.05, 0) is 12.8 Å². The molecule has 0 aromatic carbocycles. The van der Waals surface area contributed by atoms with E-state index in [0.29, 0.717) is 25.7 Å². The lowest BCUT2D eigenvalue weighted by molar-refractivity contribution is -0.148. The molecule has 0 heterocycles. The van der Waals surface area contributed by atoms with Gasteiger partial charge in [-0.2, -0.15) is 0 Å². The topological polar surface area (TPSA) is 47.6 Å². The lowest BCUT2D eigenvalue weighted by atomic mass is 10.2. The van der Waals surface area contributed by atoms with Crippen LogP contribution in [0.5, 0.6) is 0 Å². The van der Waals surface area contributed by atoms with E-state index in [1.54, 1.807) is 6.92 Å². The Morgan fingerprint density at radius 3 is 2.50 bits per heavy atom. The molecule has 84 valence electrons. The molecule has 0 spiro atoms. The molecule has 0 aliphatic carbocycles. The van der Waals surface area contributed by atoms with E-state index < -0.39 is 0 Å². The predicted octanol–water partition coefficient (Wildman–Crippen LogP) is 1.36. The highest BCUT2D eigenvalue weighted by atomic mass is 16.6. The van der Waals surface area contributed by atoms with Gasteiger partial charge >= 0.3 is 5.97 Å². The van der Waals surface area contributed by atoms with Gasteiger partial charge in [-0.3, -0.25) is 4.79 Å². The van der Waals surface area contributed by atoms with Crippen LogP contribution in [0.2, 0.25) is 0 Å². The third kappa shape index (κ3) is 6.86. The molecule has 0 saturated heterocycles.